The fourth-order valence-corrected chi connectivity index (χ4v) is 3.39. The van der Waals surface area contributed by atoms with Crippen LogP contribution in [-0.2, 0) is 17.4 Å². The van der Waals surface area contributed by atoms with E-state index in [4.69, 9.17) is 5.73 Å². The van der Waals surface area contributed by atoms with Gasteiger partial charge in [-0.05, 0) is 66.8 Å². The van der Waals surface area contributed by atoms with Gasteiger partial charge in [-0.15, -0.1) is 0 Å². The van der Waals surface area contributed by atoms with Crippen molar-refractivity contribution in [1.29, 1.82) is 0 Å². The van der Waals surface area contributed by atoms with Crippen LogP contribution in [-0.4, -0.2) is 12.5 Å². The second kappa shape index (κ2) is 9.53. The van der Waals surface area contributed by atoms with E-state index in [1.807, 2.05) is 32.0 Å². The Bertz CT molecular complexity index is 1100. The summed E-state index contributed by atoms with van der Waals surface area (Å²) in [6, 6.07) is 15.9. The SMILES string of the molecule is Cc1ccc(N(CCc2ccc(C(F)(F)F)cc2F)C(=O)C(N)c2ccccc2)cc1C. The van der Waals surface area contributed by atoms with E-state index in [2.05, 4.69) is 0 Å². The average Bonchev–Trinajstić information content (AvgIpc) is 2.76. The smallest absolute Gasteiger partial charge is 0.316 e. The van der Waals surface area contributed by atoms with Crippen molar-refractivity contribution in [1.82, 2.24) is 0 Å². The van der Waals surface area contributed by atoms with Crippen molar-refractivity contribution in [3.63, 3.8) is 0 Å². The molecule has 0 aliphatic rings. The predicted molar refractivity (Wildman–Crippen MR) is 117 cm³/mol. The number of hydrogen-bond donors (Lipinski definition) is 1. The van der Waals surface area contributed by atoms with E-state index in [-0.39, 0.29) is 24.4 Å². The summed E-state index contributed by atoms with van der Waals surface area (Å²) in [6.07, 6.45) is -4.59. The van der Waals surface area contributed by atoms with E-state index >= 15 is 0 Å². The third-order valence-corrected chi connectivity index (χ3v) is 5.48. The highest BCUT2D eigenvalue weighted by Gasteiger charge is 2.31. The Morgan fingerprint density at radius 3 is 2.25 bits per heavy atom. The zero-order valence-corrected chi connectivity index (χ0v) is 17.8. The number of nitrogens with two attached hydrogens (primary N) is 1. The number of anilines is 1. The topological polar surface area (TPSA) is 46.3 Å². The standard InChI is InChI=1S/C25H24F4N2O/c1-16-8-11-21(14-17(16)2)31(24(32)23(30)19-6-4-3-5-7-19)13-12-18-9-10-20(15-22(18)26)25(27,28)29/h3-11,14-15,23H,12-13,30H2,1-2H3. The van der Waals surface area contributed by atoms with Gasteiger partial charge in [-0.2, -0.15) is 13.2 Å². The average molecular weight is 444 g/mol. The molecule has 2 N–H and O–H groups in total. The Balaban J connectivity index is 1.89. The van der Waals surface area contributed by atoms with Crippen LogP contribution in [0.25, 0.3) is 0 Å². The lowest BCUT2D eigenvalue weighted by atomic mass is 10.0. The van der Waals surface area contributed by atoms with Crippen molar-refractivity contribution >= 4 is 11.6 Å². The molecule has 7 heteroatoms. The maximum Gasteiger partial charge on any atom is 0.416 e. The molecule has 168 valence electrons. The Morgan fingerprint density at radius 2 is 1.66 bits per heavy atom. The third kappa shape index (κ3) is 5.34. The largest absolute Gasteiger partial charge is 0.416 e. The number of rotatable bonds is 6. The summed E-state index contributed by atoms with van der Waals surface area (Å²) in [7, 11) is 0. The second-order valence-corrected chi connectivity index (χ2v) is 7.70. The molecule has 1 atom stereocenters. The number of hydrogen-bond acceptors (Lipinski definition) is 2. The first-order valence-electron chi connectivity index (χ1n) is 10.1. The van der Waals surface area contributed by atoms with Crippen LogP contribution in [0, 0.1) is 19.7 Å². The fraction of sp³-hybridized carbons (Fsp3) is 0.240. The van der Waals surface area contributed by atoms with E-state index in [0.29, 0.717) is 17.3 Å². The lowest BCUT2D eigenvalue weighted by Gasteiger charge is -2.27. The van der Waals surface area contributed by atoms with E-state index in [0.717, 1.165) is 23.3 Å². The molecule has 1 amide bonds. The van der Waals surface area contributed by atoms with E-state index < -0.39 is 23.6 Å². The summed E-state index contributed by atoms with van der Waals surface area (Å²) in [5.41, 5.74) is 8.50. The molecule has 3 aromatic carbocycles. The van der Waals surface area contributed by atoms with E-state index in [1.54, 1.807) is 30.3 Å². The summed E-state index contributed by atoms with van der Waals surface area (Å²) in [6.45, 7) is 3.91. The van der Waals surface area contributed by atoms with E-state index in [9.17, 15) is 22.4 Å². The number of alkyl halides is 3. The van der Waals surface area contributed by atoms with Crippen LogP contribution in [0.5, 0.6) is 0 Å². The van der Waals surface area contributed by atoms with Crippen molar-refractivity contribution < 1.29 is 22.4 Å². The van der Waals surface area contributed by atoms with Gasteiger partial charge in [0.25, 0.3) is 0 Å². The number of carbonyl (C=O) groups excluding carboxylic acids is 1. The van der Waals surface area contributed by atoms with Gasteiger partial charge in [0.1, 0.15) is 11.9 Å². The second-order valence-electron chi connectivity index (χ2n) is 7.70. The van der Waals surface area contributed by atoms with Crippen LogP contribution >= 0.6 is 0 Å². The first-order valence-corrected chi connectivity index (χ1v) is 10.1. The molecular formula is C25H24F4N2O. The van der Waals surface area contributed by atoms with Crippen LogP contribution in [0.2, 0.25) is 0 Å². The number of aryl methyl sites for hydroxylation is 2. The molecule has 3 nitrogen and oxygen atoms in total. The number of amides is 1. The van der Waals surface area contributed by atoms with Gasteiger partial charge in [0.2, 0.25) is 5.91 Å². The zero-order chi connectivity index (χ0) is 23.5. The molecule has 0 fully saturated rings. The molecule has 3 rings (SSSR count). The third-order valence-electron chi connectivity index (χ3n) is 5.48. The van der Waals surface area contributed by atoms with Crippen LogP contribution in [0.4, 0.5) is 23.2 Å². The van der Waals surface area contributed by atoms with Gasteiger partial charge in [-0.3, -0.25) is 4.79 Å². The van der Waals surface area contributed by atoms with Crippen LogP contribution < -0.4 is 10.6 Å². The maximum absolute atomic E-state index is 14.3. The number of halogens is 4. The summed E-state index contributed by atoms with van der Waals surface area (Å²) in [5.74, 6) is -1.34. The molecule has 0 aliphatic heterocycles. The summed E-state index contributed by atoms with van der Waals surface area (Å²) in [4.78, 5) is 14.8. The molecular weight excluding hydrogens is 420 g/mol. The monoisotopic (exact) mass is 444 g/mol. The maximum atomic E-state index is 14.3. The molecule has 0 saturated carbocycles. The van der Waals surface area contributed by atoms with Gasteiger partial charge in [0, 0.05) is 12.2 Å². The molecule has 0 saturated heterocycles. The molecule has 0 spiro atoms. The van der Waals surface area contributed by atoms with Gasteiger partial charge < -0.3 is 10.6 Å². The quantitative estimate of drug-likeness (QED) is 0.493. The summed E-state index contributed by atoms with van der Waals surface area (Å²) >= 11 is 0. The van der Waals surface area contributed by atoms with Gasteiger partial charge in [0.15, 0.2) is 0 Å². The Labute approximate surface area is 184 Å². The molecule has 1 unspecified atom stereocenters. The molecule has 0 bridgehead atoms. The predicted octanol–water partition coefficient (Wildman–Crippen LogP) is 5.74. The first kappa shape index (κ1) is 23.5. The van der Waals surface area contributed by atoms with Crippen LogP contribution in [0.3, 0.4) is 0 Å². The van der Waals surface area contributed by atoms with Crippen molar-refractivity contribution in [2.75, 3.05) is 11.4 Å². The Morgan fingerprint density at radius 1 is 0.969 bits per heavy atom. The first-order chi connectivity index (χ1) is 15.1. The minimum Gasteiger partial charge on any atom is -0.316 e. The molecule has 32 heavy (non-hydrogen) atoms. The van der Waals surface area contributed by atoms with Crippen molar-refractivity contribution in [3.05, 3.63) is 100 Å². The van der Waals surface area contributed by atoms with Crippen molar-refractivity contribution in [2.24, 2.45) is 5.73 Å². The Hall–Kier alpha value is -3.19. The Kier molecular flexibility index (Phi) is 6.99. The number of nitrogens with zero attached hydrogens (tertiary/aromatic N) is 1. The highest BCUT2D eigenvalue weighted by molar-refractivity contribution is 5.97. The van der Waals surface area contributed by atoms with Crippen molar-refractivity contribution in [3.8, 4) is 0 Å². The summed E-state index contributed by atoms with van der Waals surface area (Å²) < 4.78 is 52.8. The fourth-order valence-electron chi connectivity index (χ4n) is 3.39. The van der Waals surface area contributed by atoms with Gasteiger partial charge >= 0.3 is 6.18 Å². The highest BCUT2D eigenvalue weighted by Crippen LogP contribution is 2.30. The lowest BCUT2D eigenvalue weighted by Crippen LogP contribution is -2.40. The van der Waals surface area contributed by atoms with Gasteiger partial charge in [0.05, 0.1) is 5.56 Å². The van der Waals surface area contributed by atoms with Gasteiger partial charge in [-0.1, -0.05) is 42.5 Å². The number of benzene rings is 3. The minimum atomic E-state index is -4.62. The molecule has 0 radical (unpaired) electrons. The van der Waals surface area contributed by atoms with E-state index in [1.165, 1.54) is 4.90 Å². The van der Waals surface area contributed by atoms with Crippen molar-refractivity contribution in [2.45, 2.75) is 32.5 Å². The molecule has 0 aromatic heterocycles. The minimum absolute atomic E-state index is 0.0319. The summed E-state index contributed by atoms with van der Waals surface area (Å²) in [5, 5.41) is 0. The normalized spacial score (nSPS) is 12.5. The zero-order valence-electron chi connectivity index (χ0n) is 17.8. The van der Waals surface area contributed by atoms with Crippen LogP contribution in [0.1, 0.15) is 33.9 Å². The lowest BCUT2D eigenvalue weighted by molar-refractivity contribution is -0.137. The van der Waals surface area contributed by atoms with Gasteiger partial charge in [-0.25, -0.2) is 4.39 Å². The molecule has 3 aromatic rings. The highest BCUT2D eigenvalue weighted by atomic mass is 19.4. The van der Waals surface area contributed by atoms with Crippen LogP contribution in [0.15, 0.2) is 66.7 Å². The molecule has 0 aliphatic carbocycles. The molecule has 0 heterocycles. The number of carbonyl (C=O) groups is 1.